The molecule has 128 valence electrons. The zero-order valence-corrected chi connectivity index (χ0v) is 14.9. The number of anilines is 1. The standard InChI is InChI=1S/C18H16ClN3O2S/c19-14-6-4-5-13(11-14)18-21-17(24-22-18)12-25-10-9-16(23)20-15-7-2-1-3-8-15/h1-8,11H,9-10,12H2,(H,20,23). The first-order chi connectivity index (χ1) is 12.2. The lowest BCUT2D eigenvalue weighted by atomic mass is 10.2. The van der Waals surface area contributed by atoms with Crippen LogP contribution in [0.2, 0.25) is 5.02 Å². The molecule has 0 radical (unpaired) electrons. The van der Waals surface area contributed by atoms with Gasteiger partial charge < -0.3 is 9.84 Å². The van der Waals surface area contributed by atoms with E-state index in [0.29, 0.717) is 34.7 Å². The van der Waals surface area contributed by atoms with Crippen LogP contribution >= 0.6 is 23.4 Å². The molecule has 7 heteroatoms. The van der Waals surface area contributed by atoms with E-state index < -0.39 is 0 Å². The smallest absolute Gasteiger partial charge is 0.236 e. The Morgan fingerprint density at radius 1 is 1.16 bits per heavy atom. The number of thioether (sulfide) groups is 1. The van der Waals surface area contributed by atoms with E-state index >= 15 is 0 Å². The van der Waals surface area contributed by atoms with Gasteiger partial charge in [-0.05, 0) is 24.3 Å². The number of aromatic nitrogens is 2. The van der Waals surface area contributed by atoms with Crippen LogP contribution in [-0.2, 0) is 10.5 Å². The summed E-state index contributed by atoms with van der Waals surface area (Å²) in [6, 6.07) is 16.7. The Bertz CT molecular complexity index is 839. The monoisotopic (exact) mass is 373 g/mol. The Morgan fingerprint density at radius 2 is 2.00 bits per heavy atom. The fraction of sp³-hybridized carbons (Fsp3) is 0.167. The van der Waals surface area contributed by atoms with Gasteiger partial charge in [0.05, 0.1) is 5.75 Å². The minimum atomic E-state index is -0.0103. The minimum Gasteiger partial charge on any atom is -0.338 e. The number of carbonyl (C=O) groups is 1. The van der Waals surface area contributed by atoms with Crippen molar-refractivity contribution in [2.75, 3.05) is 11.1 Å². The van der Waals surface area contributed by atoms with Crippen molar-refractivity contribution in [2.45, 2.75) is 12.2 Å². The zero-order valence-electron chi connectivity index (χ0n) is 13.3. The molecule has 0 saturated heterocycles. The highest BCUT2D eigenvalue weighted by atomic mass is 35.5. The molecule has 3 rings (SSSR count). The van der Waals surface area contributed by atoms with E-state index in [4.69, 9.17) is 16.1 Å². The third-order valence-electron chi connectivity index (χ3n) is 3.31. The van der Waals surface area contributed by atoms with Crippen LogP contribution in [0.5, 0.6) is 0 Å². The second-order valence-corrected chi connectivity index (χ2v) is 6.78. The van der Waals surface area contributed by atoms with Crippen molar-refractivity contribution >= 4 is 35.0 Å². The molecular weight excluding hydrogens is 358 g/mol. The average molecular weight is 374 g/mol. The molecule has 0 aliphatic rings. The SMILES string of the molecule is O=C(CCSCc1nc(-c2cccc(Cl)c2)no1)Nc1ccccc1. The number of hydrogen-bond donors (Lipinski definition) is 1. The molecule has 2 aromatic carbocycles. The molecular formula is C18H16ClN3O2S. The van der Waals surface area contributed by atoms with Crippen LogP contribution < -0.4 is 5.32 Å². The zero-order chi connectivity index (χ0) is 17.5. The quantitative estimate of drug-likeness (QED) is 0.610. The number of hydrogen-bond acceptors (Lipinski definition) is 5. The lowest BCUT2D eigenvalue weighted by Gasteiger charge is -2.04. The molecule has 0 atom stereocenters. The Labute approximate surface area is 154 Å². The molecule has 25 heavy (non-hydrogen) atoms. The first kappa shape index (κ1) is 17.5. The number of halogens is 1. The molecule has 1 aromatic heterocycles. The summed E-state index contributed by atoms with van der Waals surface area (Å²) >= 11 is 7.54. The van der Waals surface area contributed by atoms with Gasteiger partial charge in [-0.2, -0.15) is 16.7 Å². The largest absolute Gasteiger partial charge is 0.338 e. The third-order valence-corrected chi connectivity index (χ3v) is 4.49. The van der Waals surface area contributed by atoms with Gasteiger partial charge in [0.25, 0.3) is 0 Å². The molecule has 0 aliphatic carbocycles. The molecule has 1 heterocycles. The van der Waals surface area contributed by atoms with Gasteiger partial charge in [0.1, 0.15) is 0 Å². The van der Waals surface area contributed by atoms with Gasteiger partial charge in [0.2, 0.25) is 17.6 Å². The van der Waals surface area contributed by atoms with Crippen molar-refractivity contribution in [3.05, 3.63) is 65.5 Å². The minimum absolute atomic E-state index is 0.0103. The molecule has 0 spiro atoms. The fourth-order valence-electron chi connectivity index (χ4n) is 2.13. The number of nitrogens with one attached hydrogen (secondary N) is 1. The number of nitrogens with zero attached hydrogens (tertiary/aromatic N) is 2. The summed E-state index contributed by atoms with van der Waals surface area (Å²) in [4.78, 5) is 16.2. The second-order valence-electron chi connectivity index (χ2n) is 5.24. The maximum Gasteiger partial charge on any atom is 0.236 e. The van der Waals surface area contributed by atoms with Crippen LogP contribution in [0.15, 0.2) is 59.1 Å². The van der Waals surface area contributed by atoms with Crippen molar-refractivity contribution in [3.63, 3.8) is 0 Å². The first-order valence-electron chi connectivity index (χ1n) is 7.72. The van der Waals surface area contributed by atoms with Gasteiger partial charge >= 0.3 is 0 Å². The summed E-state index contributed by atoms with van der Waals surface area (Å²) in [5.41, 5.74) is 1.62. The van der Waals surface area contributed by atoms with E-state index in [2.05, 4.69) is 15.5 Å². The summed E-state index contributed by atoms with van der Waals surface area (Å²) in [7, 11) is 0. The van der Waals surface area contributed by atoms with Crippen LogP contribution in [0.25, 0.3) is 11.4 Å². The topological polar surface area (TPSA) is 68.0 Å². The van der Waals surface area contributed by atoms with Crippen molar-refractivity contribution in [1.29, 1.82) is 0 Å². The van der Waals surface area contributed by atoms with E-state index in [0.717, 1.165) is 11.3 Å². The molecule has 0 aliphatic heterocycles. The molecule has 3 aromatic rings. The molecule has 5 nitrogen and oxygen atoms in total. The average Bonchev–Trinajstić information content (AvgIpc) is 3.09. The Kier molecular flexibility index (Phi) is 6.09. The Hall–Kier alpha value is -2.31. The van der Waals surface area contributed by atoms with Crippen LogP contribution in [0.4, 0.5) is 5.69 Å². The highest BCUT2D eigenvalue weighted by molar-refractivity contribution is 7.98. The summed E-state index contributed by atoms with van der Waals surface area (Å²) in [5, 5.41) is 7.44. The number of carbonyl (C=O) groups excluding carboxylic acids is 1. The van der Waals surface area contributed by atoms with Crippen LogP contribution in [0, 0.1) is 0 Å². The molecule has 1 amide bonds. The van der Waals surface area contributed by atoms with E-state index in [1.54, 1.807) is 23.9 Å². The van der Waals surface area contributed by atoms with Crippen molar-refractivity contribution < 1.29 is 9.32 Å². The van der Waals surface area contributed by atoms with E-state index in [9.17, 15) is 4.79 Å². The van der Waals surface area contributed by atoms with Crippen LogP contribution in [-0.4, -0.2) is 21.8 Å². The summed E-state index contributed by atoms with van der Waals surface area (Å²) < 4.78 is 5.24. The summed E-state index contributed by atoms with van der Waals surface area (Å²) in [6.45, 7) is 0. The lowest BCUT2D eigenvalue weighted by molar-refractivity contribution is -0.115. The predicted octanol–water partition coefficient (Wildman–Crippen LogP) is 4.65. The maximum atomic E-state index is 11.9. The lowest BCUT2D eigenvalue weighted by Crippen LogP contribution is -2.12. The molecule has 0 bridgehead atoms. The van der Waals surface area contributed by atoms with Gasteiger partial charge in [0.15, 0.2) is 0 Å². The Balaban J connectivity index is 1.43. The number of para-hydroxylation sites is 1. The Morgan fingerprint density at radius 3 is 2.80 bits per heavy atom. The maximum absolute atomic E-state index is 11.9. The normalized spacial score (nSPS) is 10.6. The van der Waals surface area contributed by atoms with E-state index in [1.165, 1.54) is 0 Å². The van der Waals surface area contributed by atoms with Gasteiger partial charge in [-0.25, -0.2) is 0 Å². The fourth-order valence-corrected chi connectivity index (χ4v) is 3.08. The number of rotatable bonds is 7. The van der Waals surface area contributed by atoms with Crippen molar-refractivity contribution in [3.8, 4) is 11.4 Å². The van der Waals surface area contributed by atoms with Crippen molar-refractivity contribution in [1.82, 2.24) is 10.1 Å². The summed E-state index contributed by atoms with van der Waals surface area (Å²) in [6.07, 6.45) is 0.425. The highest BCUT2D eigenvalue weighted by Gasteiger charge is 2.09. The van der Waals surface area contributed by atoms with E-state index in [-0.39, 0.29) is 5.91 Å². The first-order valence-corrected chi connectivity index (χ1v) is 9.25. The van der Waals surface area contributed by atoms with Gasteiger partial charge in [-0.1, -0.05) is 47.1 Å². The van der Waals surface area contributed by atoms with Crippen LogP contribution in [0.1, 0.15) is 12.3 Å². The van der Waals surface area contributed by atoms with E-state index in [1.807, 2.05) is 42.5 Å². The van der Waals surface area contributed by atoms with Gasteiger partial charge in [-0.15, -0.1) is 0 Å². The number of amides is 1. The molecule has 0 unspecified atom stereocenters. The molecule has 1 N–H and O–H groups in total. The highest BCUT2D eigenvalue weighted by Crippen LogP contribution is 2.21. The van der Waals surface area contributed by atoms with Crippen molar-refractivity contribution in [2.24, 2.45) is 0 Å². The molecule has 0 fully saturated rings. The number of benzene rings is 2. The molecule has 0 saturated carbocycles. The third kappa shape index (κ3) is 5.34. The summed E-state index contributed by atoms with van der Waals surface area (Å²) in [5.74, 6) is 2.27. The van der Waals surface area contributed by atoms with Crippen LogP contribution in [0.3, 0.4) is 0 Å². The van der Waals surface area contributed by atoms with Gasteiger partial charge in [0, 0.05) is 28.4 Å². The second kappa shape index (κ2) is 8.69. The predicted molar refractivity (Wildman–Crippen MR) is 101 cm³/mol. The van der Waals surface area contributed by atoms with Gasteiger partial charge in [-0.3, -0.25) is 4.79 Å².